The lowest BCUT2D eigenvalue weighted by molar-refractivity contribution is -0.128. The summed E-state index contributed by atoms with van der Waals surface area (Å²) in [6, 6.07) is 12.5. The molecule has 1 saturated heterocycles. The molecule has 1 aromatic heterocycles. The molecule has 4 aromatic rings. The van der Waals surface area contributed by atoms with Crippen LogP contribution in [0.2, 0.25) is 10.0 Å². The molecule has 4 heterocycles. The first-order valence-corrected chi connectivity index (χ1v) is 14.7. The molecule has 2 N–H and O–H groups in total. The number of amides is 1. The van der Waals surface area contributed by atoms with Crippen molar-refractivity contribution in [1.82, 2.24) is 14.7 Å². The van der Waals surface area contributed by atoms with Gasteiger partial charge in [0.2, 0.25) is 11.8 Å². The molecule has 42 heavy (non-hydrogen) atoms. The Hall–Kier alpha value is -3.66. The summed E-state index contributed by atoms with van der Waals surface area (Å²) in [5.74, 6) is -1.83. The van der Waals surface area contributed by atoms with Gasteiger partial charge in [-0.05, 0) is 67.1 Å². The van der Waals surface area contributed by atoms with Gasteiger partial charge in [-0.15, -0.1) is 0 Å². The van der Waals surface area contributed by atoms with Gasteiger partial charge < -0.3 is 15.2 Å². The summed E-state index contributed by atoms with van der Waals surface area (Å²) >= 11 is 12.7. The number of nitrogens with zero attached hydrogens (tertiary/aromatic N) is 3. The second-order valence-corrected chi connectivity index (χ2v) is 12.5. The Labute approximate surface area is 250 Å². The first-order valence-electron chi connectivity index (χ1n) is 13.9. The maximum Gasteiger partial charge on any atom is 0.335 e. The second kappa shape index (κ2) is 8.92. The number of benzene rings is 3. The van der Waals surface area contributed by atoms with E-state index in [9.17, 15) is 14.7 Å². The van der Waals surface area contributed by atoms with Crippen LogP contribution < -0.4 is 10.1 Å². The quantitative estimate of drug-likeness (QED) is 0.289. The summed E-state index contributed by atoms with van der Waals surface area (Å²) in [6.45, 7) is 2.57. The molecule has 0 bridgehead atoms. The van der Waals surface area contributed by atoms with Gasteiger partial charge in [0.15, 0.2) is 0 Å². The van der Waals surface area contributed by atoms with Crippen molar-refractivity contribution in [3.8, 4) is 5.88 Å². The molecule has 1 amide bonds. The van der Waals surface area contributed by atoms with Crippen LogP contribution in [-0.4, -0.2) is 50.9 Å². The fraction of sp³-hybridized carbons (Fsp3) is 0.323. The predicted octanol–water partition coefficient (Wildman–Crippen LogP) is 6.15. The van der Waals surface area contributed by atoms with E-state index < -0.39 is 29.3 Å². The highest BCUT2D eigenvalue weighted by Gasteiger charge is 2.69. The average Bonchev–Trinajstić information content (AvgIpc) is 3.53. The lowest BCUT2D eigenvalue weighted by Crippen LogP contribution is -2.54. The zero-order chi connectivity index (χ0) is 29.1. The van der Waals surface area contributed by atoms with Gasteiger partial charge in [0.1, 0.15) is 18.0 Å². The minimum absolute atomic E-state index is 0.0329. The molecule has 1 saturated carbocycles. The number of fused-ring (bicyclic) bond motifs is 7. The van der Waals surface area contributed by atoms with Crippen molar-refractivity contribution in [2.24, 2.45) is 5.92 Å². The topological polar surface area (TPSA) is 96.7 Å². The van der Waals surface area contributed by atoms with Gasteiger partial charge in [-0.1, -0.05) is 41.4 Å². The van der Waals surface area contributed by atoms with Crippen molar-refractivity contribution in [3.05, 3.63) is 86.6 Å². The number of ether oxygens (including phenoxy) is 1. The fourth-order valence-corrected chi connectivity index (χ4v) is 7.92. The van der Waals surface area contributed by atoms with E-state index in [0.717, 1.165) is 18.4 Å². The minimum atomic E-state index is -1.30. The Balaban J connectivity index is 1.44. The highest BCUT2D eigenvalue weighted by molar-refractivity contribution is 6.31. The number of hydrogen-bond acceptors (Lipinski definition) is 5. The van der Waals surface area contributed by atoms with Gasteiger partial charge in [-0.25, -0.2) is 13.9 Å². The van der Waals surface area contributed by atoms with Crippen molar-refractivity contribution >= 4 is 51.7 Å². The molecule has 0 radical (unpaired) electrons. The number of halogens is 3. The molecular weight excluding hydrogens is 582 g/mol. The zero-order valence-electron chi connectivity index (χ0n) is 22.4. The normalized spacial score (nSPS) is 26.2. The molecule has 1 aliphatic carbocycles. The van der Waals surface area contributed by atoms with Crippen molar-refractivity contribution in [2.75, 3.05) is 18.5 Å². The third-order valence-electron chi connectivity index (χ3n) is 9.48. The molecule has 3 aliphatic heterocycles. The molecule has 1 spiro atoms. The molecule has 8 nitrogen and oxygen atoms in total. The van der Waals surface area contributed by atoms with Crippen LogP contribution in [0.4, 0.5) is 10.1 Å². The maximum absolute atomic E-state index is 16.2. The molecule has 4 aliphatic rings. The van der Waals surface area contributed by atoms with Gasteiger partial charge in [-0.2, -0.15) is 5.10 Å². The van der Waals surface area contributed by atoms with Crippen LogP contribution in [0.1, 0.15) is 51.8 Å². The van der Waals surface area contributed by atoms with Crippen LogP contribution in [0.5, 0.6) is 5.88 Å². The van der Waals surface area contributed by atoms with E-state index in [1.807, 2.05) is 6.07 Å². The van der Waals surface area contributed by atoms with Gasteiger partial charge in [-0.3, -0.25) is 9.69 Å². The Kier molecular flexibility index (Phi) is 5.52. The molecule has 3 aromatic carbocycles. The van der Waals surface area contributed by atoms with E-state index in [1.54, 1.807) is 41.9 Å². The monoisotopic (exact) mass is 606 g/mol. The number of carboxylic acid groups (broad SMARTS) is 1. The van der Waals surface area contributed by atoms with E-state index in [1.165, 1.54) is 12.1 Å². The lowest BCUT2D eigenvalue weighted by atomic mass is 9.73. The average molecular weight is 607 g/mol. The number of carbonyl (C=O) groups is 2. The number of aromatic carboxylic acids is 1. The second-order valence-electron chi connectivity index (χ2n) is 11.7. The van der Waals surface area contributed by atoms with E-state index >= 15 is 4.39 Å². The Morgan fingerprint density at radius 2 is 2.02 bits per heavy atom. The van der Waals surface area contributed by atoms with Gasteiger partial charge in [0, 0.05) is 28.7 Å². The lowest BCUT2D eigenvalue weighted by Gasteiger charge is -2.39. The minimum Gasteiger partial charge on any atom is -0.478 e. The SMILES string of the molecule is Cc1c(C(=O)O)ccc2nn3c(c12)OC[C@H]1[C@@H]3[C@H](c2cccc(Cl)c2F)[C@]2(C(=O)Nc3cc(Cl)ccc32)N1CC1CC1. The number of hydrogen-bond donors (Lipinski definition) is 2. The van der Waals surface area contributed by atoms with Crippen molar-refractivity contribution in [3.63, 3.8) is 0 Å². The van der Waals surface area contributed by atoms with Crippen LogP contribution in [0.15, 0.2) is 48.5 Å². The summed E-state index contributed by atoms with van der Waals surface area (Å²) in [5.41, 5.74) is 1.58. The molecule has 11 heteroatoms. The largest absolute Gasteiger partial charge is 0.478 e. The number of likely N-dealkylation sites (tertiary alicyclic amines) is 1. The number of anilines is 1. The van der Waals surface area contributed by atoms with Gasteiger partial charge >= 0.3 is 5.97 Å². The van der Waals surface area contributed by atoms with Gasteiger partial charge in [0.25, 0.3) is 0 Å². The van der Waals surface area contributed by atoms with Crippen LogP contribution in [0.3, 0.4) is 0 Å². The van der Waals surface area contributed by atoms with Crippen LogP contribution in [0, 0.1) is 18.7 Å². The summed E-state index contributed by atoms with van der Waals surface area (Å²) < 4.78 is 24.3. The zero-order valence-corrected chi connectivity index (χ0v) is 23.9. The van der Waals surface area contributed by atoms with Crippen molar-refractivity contribution < 1.29 is 23.8 Å². The van der Waals surface area contributed by atoms with E-state index in [2.05, 4.69) is 10.2 Å². The Bertz CT molecular complexity index is 1860. The standard InChI is InChI=1S/C31H25Cl2FN4O4/c1-14-17(29(39)40)8-10-21-24(14)28-38(36-21)27-23(13-42-28)37(12-15-5-6-15)31(25(27)18-3-2-4-20(33)26(18)34)19-9-7-16(32)11-22(19)35-30(31)41/h2-4,7-11,15,23,25,27H,5-6,12-13H2,1H3,(H,35,41)(H,39,40)/t23-,25-,27+,31+/m0/s1. The summed E-state index contributed by atoms with van der Waals surface area (Å²) in [4.78, 5) is 28.6. The molecular formula is C31H25Cl2FN4O4. The number of carbonyl (C=O) groups excluding carboxylic acids is 1. The third-order valence-corrected chi connectivity index (χ3v) is 10.0. The van der Waals surface area contributed by atoms with Crippen LogP contribution >= 0.6 is 23.2 Å². The van der Waals surface area contributed by atoms with Crippen LogP contribution in [-0.2, 0) is 10.3 Å². The van der Waals surface area contributed by atoms with E-state index in [0.29, 0.717) is 51.1 Å². The summed E-state index contributed by atoms with van der Waals surface area (Å²) in [5, 5.41) is 18.8. The first kappa shape index (κ1) is 26.0. The molecule has 214 valence electrons. The predicted molar refractivity (Wildman–Crippen MR) is 155 cm³/mol. The smallest absolute Gasteiger partial charge is 0.335 e. The highest BCUT2D eigenvalue weighted by atomic mass is 35.5. The molecule has 4 atom stereocenters. The fourth-order valence-electron chi connectivity index (χ4n) is 7.56. The van der Waals surface area contributed by atoms with E-state index in [-0.39, 0.29) is 29.1 Å². The third kappa shape index (κ3) is 3.35. The highest BCUT2D eigenvalue weighted by Crippen LogP contribution is 2.63. The molecule has 0 unspecified atom stereocenters. The van der Waals surface area contributed by atoms with Crippen molar-refractivity contribution in [1.29, 1.82) is 0 Å². The Morgan fingerprint density at radius 1 is 1.21 bits per heavy atom. The van der Waals surface area contributed by atoms with Crippen molar-refractivity contribution in [2.45, 2.75) is 43.3 Å². The number of aromatic nitrogens is 2. The number of rotatable bonds is 4. The van der Waals surface area contributed by atoms with Crippen LogP contribution in [0.25, 0.3) is 10.9 Å². The summed E-state index contributed by atoms with van der Waals surface area (Å²) in [7, 11) is 0. The molecule has 8 rings (SSSR count). The van der Waals surface area contributed by atoms with Gasteiger partial charge in [0.05, 0.1) is 33.6 Å². The number of nitrogens with one attached hydrogen (secondary N) is 1. The Morgan fingerprint density at radius 3 is 2.79 bits per heavy atom. The number of aryl methyl sites for hydroxylation is 1. The number of carboxylic acids is 1. The summed E-state index contributed by atoms with van der Waals surface area (Å²) in [6.07, 6.45) is 2.09. The maximum atomic E-state index is 16.2. The van der Waals surface area contributed by atoms with E-state index in [4.69, 9.17) is 33.0 Å². The first-order chi connectivity index (χ1) is 20.2. The molecule has 2 fully saturated rings.